The molecule has 1 aromatic rings. The first-order valence-corrected chi connectivity index (χ1v) is 3.66. The number of hydrogen-bond acceptors (Lipinski definition) is 0. The van der Waals surface area contributed by atoms with Gasteiger partial charge in [0.1, 0.15) is 0 Å². The van der Waals surface area contributed by atoms with Gasteiger partial charge in [-0.25, -0.2) is 0 Å². The molecule has 0 saturated heterocycles. The second kappa shape index (κ2) is 2.72. The molecule has 9 heavy (non-hydrogen) atoms. The van der Waals surface area contributed by atoms with Crippen LogP contribution in [0.25, 0.3) is 0 Å². The van der Waals surface area contributed by atoms with Crippen LogP contribution in [-0.4, -0.2) is 16.9 Å². The Morgan fingerprint density at radius 3 is 2.56 bits per heavy atom. The molecule has 0 unspecified atom stereocenters. The Kier molecular flexibility index (Phi) is 2.15. The van der Waals surface area contributed by atoms with Gasteiger partial charge in [-0.2, -0.15) is 0 Å². The molecule has 0 heterocycles. The van der Waals surface area contributed by atoms with Crippen LogP contribution in [0.1, 0.15) is 0 Å². The molecule has 0 aromatic heterocycles. The molecular weight excluding hydrogens is 201 g/mol. The van der Waals surface area contributed by atoms with Crippen molar-refractivity contribution in [3.63, 3.8) is 0 Å². The summed E-state index contributed by atoms with van der Waals surface area (Å²) in [5.74, 6) is -0.348. The summed E-state index contributed by atoms with van der Waals surface area (Å²) in [5, 5.41) is 0.174. The molecule has 46 valence electrons. The van der Waals surface area contributed by atoms with E-state index in [1.807, 2.05) is 0 Å². The van der Waals surface area contributed by atoms with Gasteiger partial charge in [0.25, 0.3) is 0 Å². The summed E-state index contributed by atoms with van der Waals surface area (Å²) in [6, 6.07) is 4.88. The van der Waals surface area contributed by atoms with Crippen molar-refractivity contribution in [2.24, 2.45) is 0 Å². The molecule has 0 fully saturated rings. The van der Waals surface area contributed by atoms with E-state index in [1.165, 1.54) is 6.07 Å². The number of benzene rings is 1. The number of halogens is 2. The van der Waals surface area contributed by atoms with Gasteiger partial charge in [-0.1, -0.05) is 0 Å². The van der Waals surface area contributed by atoms with Crippen LogP contribution in [0.3, 0.4) is 0 Å². The van der Waals surface area contributed by atoms with E-state index >= 15 is 0 Å². The summed E-state index contributed by atoms with van der Waals surface area (Å²) in [6.45, 7) is 0. The molecule has 0 amide bonds. The van der Waals surface area contributed by atoms with Gasteiger partial charge < -0.3 is 0 Å². The SMILES string of the molecule is Fc1c(Cl)cccc1[As]. The van der Waals surface area contributed by atoms with Crippen LogP contribution >= 0.6 is 11.6 Å². The average Bonchev–Trinajstić information content (AvgIpc) is 1.83. The van der Waals surface area contributed by atoms with Gasteiger partial charge in [-0.15, -0.1) is 0 Å². The molecule has 3 heteroatoms. The monoisotopic (exact) mass is 204 g/mol. The van der Waals surface area contributed by atoms with Crippen molar-refractivity contribution in [2.45, 2.75) is 0 Å². The fourth-order valence-corrected chi connectivity index (χ4v) is 1.24. The van der Waals surface area contributed by atoms with Crippen molar-refractivity contribution >= 4 is 32.8 Å². The summed E-state index contributed by atoms with van der Waals surface area (Å²) < 4.78 is 13.1. The first kappa shape index (κ1) is 7.11. The predicted octanol–water partition coefficient (Wildman–Crippen LogP) is 1.27. The van der Waals surface area contributed by atoms with Crippen molar-refractivity contribution in [2.75, 3.05) is 0 Å². The number of hydrogen-bond donors (Lipinski definition) is 0. The van der Waals surface area contributed by atoms with Crippen LogP contribution in [0.15, 0.2) is 18.2 Å². The third-order valence-electron chi connectivity index (χ3n) is 0.931. The first-order chi connectivity index (χ1) is 4.22. The third kappa shape index (κ3) is 1.47. The Labute approximate surface area is 66.5 Å². The van der Waals surface area contributed by atoms with Crippen LogP contribution in [-0.2, 0) is 0 Å². The van der Waals surface area contributed by atoms with Gasteiger partial charge in [0.15, 0.2) is 0 Å². The molecule has 1 aromatic carbocycles. The molecule has 0 atom stereocenters. The van der Waals surface area contributed by atoms with Crippen molar-refractivity contribution in [1.82, 2.24) is 0 Å². The fourth-order valence-electron chi connectivity index (χ4n) is 0.492. The van der Waals surface area contributed by atoms with Gasteiger partial charge in [-0.3, -0.25) is 0 Å². The number of rotatable bonds is 0. The van der Waals surface area contributed by atoms with Crippen LogP contribution in [0, 0.1) is 5.82 Å². The Morgan fingerprint density at radius 1 is 1.44 bits per heavy atom. The average molecular weight is 204 g/mol. The Hall–Kier alpha value is -0.00156. The van der Waals surface area contributed by atoms with Gasteiger partial charge in [-0.05, 0) is 0 Å². The summed E-state index contributed by atoms with van der Waals surface area (Å²) in [6.07, 6.45) is 0. The zero-order valence-electron chi connectivity index (χ0n) is 4.44. The van der Waals surface area contributed by atoms with E-state index in [9.17, 15) is 4.39 Å². The van der Waals surface area contributed by atoms with Crippen molar-refractivity contribution in [1.29, 1.82) is 0 Å². The van der Waals surface area contributed by atoms with Crippen LogP contribution in [0.2, 0.25) is 5.02 Å². The molecule has 0 N–H and O–H groups in total. The van der Waals surface area contributed by atoms with E-state index in [2.05, 4.69) is 16.9 Å². The standard InChI is InChI=1S/C6H3AsClF/c7-4-2-1-3-5(8)6(4)9/h1-3H. The zero-order valence-corrected chi connectivity index (χ0v) is 7.07. The Bertz CT molecular complexity index is 204. The van der Waals surface area contributed by atoms with Gasteiger partial charge in [0.2, 0.25) is 0 Å². The topological polar surface area (TPSA) is 0 Å². The van der Waals surface area contributed by atoms with E-state index in [0.717, 1.165) is 0 Å². The minimum absolute atomic E-state index is 0.174. The van der Waals surface area contributed by atoms with E-state index in [0.29, 0.717) is 4.35 Å². The molecule has 0 saturated carbocycles. The summed E-state index contributed by atoms with van der Waals surface area (Å²) in [5.41, 5.74) is 0. The zero-order chi connectivity index (χ0) is 6.85. The normalized spacial score (nSPS) is 9.67. The molecule has 0 bridgehead atoms. The molecule has 0 aliphatic rings. The molecular formula is C6H3AsClF. The quantitative estimate of drug-likeness (QED) is 0.559. The predicted molar refractivity (Wildman–Crippen MR) is 36.8 cm³/mol. The van der Waals surface area contributed by atoms with Gasteiger partial charge in [0.05, 0.1) is 0 Å². The maximum absolute atomic E-state index is 12.6. The maximum atomic E-state index is 12.6. The third-order valence-corrected chi connectivity index (χ3v) is 1.95. The molecule has 0 aliphatic heterocycles. The molecule has 0 nitrogen and oxygen atoms in total. The minimum atomic E-state index is -0.348. The second-order valence-electron chi connectivity index (χ2n) is 1.57. The summed E-state index contributed by atoms with van der Waals surface area (Å²) >= 11 is 7.55. The molecule has 0 aliphatic carbocycles. The van der Waals surface area contributed by atoms with E-state index < -0.39 is 0 Å². The van der Waals surface area contributed by atoms with Crippen LogP contribution in [0.4, 0.5) is 4.39 Å². The van der Waals surface area contributed by atoms with Crippen LogP contribution < -0.4 is 4.35 Å². The first-order valence-electron chi connectivity index (χ1n) is 2.35. The fraction of sp³-hybridized carbons (Fsp3) is 0. The van der Waals surface area contributed by atoms with Crippen molar-refractivity contribution in [3.8, 4) is 0 Å². The van der Waals surface area contributed by atoms with E-state index in [1.54, 1.807) is 12.1 Å². The van der Waals surface area contributed by atoms with Gasteiger partial charge in [0, 0.05) is 0 Å². The van der Waals surface area contributed by atoms with Crippen molar-refractivity contribution in [3.05, 3.63) is 29.0 Å². The Balaban J connectivity index is 3.25. The molecule has 0 spiro atoms. The summed E-state index contributed by atoms with van der Waals surface area (Å²) in [7, 11) is 0. The van der Waals surface area contributed by atoms with Gasteiger partial charge >= 0.3 is 66.2 Å². The Morgan fingerprint density at radius 2 is 2.11 bits per heavy atom. The second-order valence-corrected chi connectivity index (χ2v) is 2.99. The van der Waals surface area contributed by atoms with E-state index in [4.69, 9.17) is 11.6 Å². The van der Waals surface area contributed by atoms with Crippen molar-refractivity contribution < 1.29 is 4.39 Å². The van der Waals surface area contributed by atoms with E-state index in [-0.39, 0.29) is 10.8 Å². The molecule has 1 rings (SSSR count). The molecule has 2 radical (unpaired) electrons. The van der Waals surface area contributed by atoms with Crippen LogP contribution in [0.5, 0.6) is 0 Å². The summed E-state index contributed by atoms with van der Waals surface area (Å²) in [4.78, 5) is 0.